The molecule has 3 aromatic rings. The number of carbonyl (C=O) groups is 1. The van der Waals surface area contributed by atoms with Gasteiger partial charge >= 0.3 is 6.18 Å². The van der Waals surface area contributed by atoms with Crippen molar-refractivity contribution in [3.8, 4) is 11.3 Å². The second-order valence-electron chi connectivity index (χ2n) is 6.08. The number of carbonyl (C=O) groups excluding carboxylic acids is 1. The Kier molecular flexibility index (Phi) is 4.93. The monoisotopic (exact) mass is 395 g/mol. The fourth-order valence-electron chi connectivity index (χ4n) is 2.89. The molecule has 9 heteroatoms. The SMILES string of the molecule is Cc1cccc(F)c1N(C=O)c1ccc(-c2cc(C(F)(F)F)nn2C)c(F)c1. The third-order valence-electron chi connectivity index (χ3n) is 4.21. The highest BCUT2D eigenvalue weighted by Gasteiger charge is 2.35. The van der Waals surface area contributed by atoms with Gasteiger partial charge in [-0.3, -0.25) is 14.4 Å². The van der Waals surface area contributed by atoms with Gasteiger partial charge in [0.15, 0.2) is 5.69 Å². The van der Waals surface area contributed by atoms with Crippen LogP contribution in [-0.4, -0.2) is 16.2 Å². The molecule has 0 fully saturated rings. The highest BCUT2D eigenvalue weighted by atomic mass is 19.4. The Labute approximate surface area is 156 Å². The van der Waals surface area contributed by atoms with E-state index in [9.17, 15) is 26.7 Å². The molecule has 28 heavy (non-hydrogen) atoms. The van der Waals surface area contributed by atoms with Crippen LogP contribution in [0, 0.1) is 18.6 Å². The van der Waals surface area contributed by atoms with Crippen molar-refractivity contribution in [1.29, 1.82) is 0 Å². The van der Waals surface area contributed by atoms with Gasteiger partial charge in [-0.2, -0.15) is 18.3 Å². The van der Waals surface area contributed by atoms with Crippen molar-refractivity contribution in [2.75, 3.05) is 4.90 Å². The number of aryl methyl sites for hydroxylation is 2. The number of benzene rings is 2. The molecule has 0 saturated carbocycles. The predicted octanol–water partition coefficient (Wildman–Crippen LogP) is 4.99. The van der Waals surface area contributed by atoms with Gasteiger partial charge in [0.2, 0.25) is 6.41 Å². The summed E-state index contributed by atoms with van der Waals surface area (Å²) in [7, 11) is 1.26. The fourth-order valence-corrected chi connectivity index (χ4v) is 2.89. The van der Waals surface area contributed by atoms with Crippen molar-refractivity contribution >= 4 is 17.8 Å². The van der Waals surface area contributed by atoms with Crippen molar-refractivity contribution < 1.29 is 26.7 Å². The van der Waals surface area contributed by atoms with E-state index < -0.39 is 23.5 Å². The fraction of sp³-hybridized carbons (Fsp3) is 0.158. The standard InChI is InChI=1S/C19H14F5N3O/c1-11-4-3-5-14(20)18(11)27(10-28)12-6-7-13(15(21)8-12)16-9-17(19(22,23)24)25-26(16)2/h3-10H,1-2H3. The Bertz CT molecular complexity index is 1020. The molecular weight excluding hydrogens is 381 g/mol. The second-order valence-corrected chi connectivity index (χ2v) is 6.08. The molecule has 0 aliphatic carbocycles. The number of amides is 1. The summed E-state index contributed by atoms with van der Waals surface area (Å²) < 4.78 is 68.2. The first-order valence-corrected chi connectivity index (χ1v) is 8.04. The van der Waals surface area contributed by atoms with Crippen LogP contribution in [-0.2, 0) is 18.0 Å². The van der Waals surface area contributed by atoms with Crippen molar-refractivity contribution in [3.05, 3.63) is 65.4 Å². The Morgan fingerprint density at radius 1 is 1.07 bits per heavy atom. The number of anilines is 2. The molecule has 0 atom stereocenters. The van der Waals surface area contributed by atoms with E-state index in [2.05, 4.69) is 5.10 Å². The zero-order valence-corrected chi connectivity index (χ0v) is 14.8. The van der Waals surface area contributed by atoms with E-state index in [1.165, 1.54) is 25.2 Å². The maximum Gasteiger partial charge on any atom is 0.435 e. The van der Waals surface area contributed by atoms with Crippen LogP contribution in [0.2, 0.25) is 0 Å². The Hall–Kier alpha value is -3.23. The zero-order chi connectivity index (χ0) is 20.6. The van der Waals surface area contributed by atoms with Crippen molar-refractivity contribution in [1.82, 2.24) is 9.78 Å². The van der Waals surface area contributed by atoms with Gasteiger partial charge in [0.25, 0.3) is 0 Å². The largest absolute Gasteiger partial charge is 0.435 e. The molecule has 3 rings (SSSR count). The maximum atomic E-state index is 14.7. The van der Waals surface area contributed by atoms with Gasteiger partial charge < -0.3 is 0 Å². The number of halogens is 5. The summed E-state index contributed by atoms with van der Waals surface area (Å²) >= 11 is 0. The summed E-state index contributed by atoms with van der Waals surface area (Å²) in [6, 6.07) is 8.45. The van der Waals surface area contributed by atoms with E-state index in [0.29, 0.717) is 12.0 Å². The molecule has 2 aromatic carbocycles. The van der Waals surface area contributed by atoms with Gasteiger partial charge in [-0.1, -0.05) is 12.1 Å². The normalized spacial score (nSPS) is 11.5. The van der Waals surface area contributed by atoms with Crippen LogP contribution in [0.3, 0.4) is 0 Å². The molecule has 0 radical (unpaired) electrons. The van der Waals surface area contributed by atoms with Crippen LogP contribution in [0.25, 0.3) is 11.3 Å². The van der Waals surface area contributed by atoms with Gasteiger partial charge in [-0.15, -0.1) is 0 Å². The number of aromatic nitrogens is 2. The highest BCUT2D eigenvalue weighted by Crippen LogP contribution is 2.35. The van der Waals surface area contributed by atoms with Gasteiger partial charge in [0, 0.05) is 12.6 Å². The third kappa shape index (κ3) is 3.47. The lowest BCUT2D eigenvalue weighted by Crippen LogP contribution is -2.17. The first-order valence-electron chi connectivity index (χ1n) is 8.04. The number of hydrogen-bond donors (Lipinski definition) is 0. The second kappa shape index (κ2) is 7.06. The number of rotatable bonds is 4. The highest BCUT2D eigenvalue weighted by molar-refractivity contribution is 5.88. The van der Waals surface area contributed by atoms with Crippen LogP contribution in [0.1, 0.15) is 11.3 Å². The third-order valence-corrected chi connectivity index (χ3v) is 4.21. The Morgan fingerprint density at radius 2 is 1.79 bits per heavy atom. The van der Waals surface area contributed by atoms with E-state index in [4.69, 9.17) is 0 Å². The molecule has 0 N–H and O–H groups in total. The maximum absolute atomic E-state index is 14.7. The average molecular weight is 395 g/mol. The Balaban J connectivity index is 2.06. The van der Waals surface area contributed by atoms with E-state index >= 15 is 0 Å². The average Bonchev–Trinajstić information content (AvgIpc) is 3.00. The topological polar surface area (TPSA) is 38.1 Å². The molecule has 0 bridgehead atoms. The first-order chi connectivity index (χ1) is 13.1. The van der Waals surface area contributed by atoms with E-state index in [0.717, 1.165) is 27.8 Å². The lowest BCUT2D eigenvalue weighted by Gasteiger charge is -2.21. The molecule has 146 valence electrons. The molecule has 0 spiro atoms. The minimum Gasteiger partial charge on any atom is -0.280 e. The van der Waals surface area contributed by atoms with Crippen molar-refractivity contribution in [3.63, 3.8) is 0 Å². The molecular formula is C19H14F5N3O. The van der Waals surface area contributed by atoms with Gasteiger partial charge in [0.05, 0.1) is 17.1 Å². The smallest absolute Gasteiger partial charge is 0.280 e. The van der Waals surface area contributed by atoms with Crippen LogP contribution >= 0.6 is 0 Å². The molecule has 4 nitrogen and oxygen atoms in total. The number of para-hydroxylation sites is 1. The Morgan fingerprint density at radius 3 is 2.32 bits per heavy atom. The van der Waals surface area contributed by atoms with E-state index in [1.807, 2.05) is 0 Å². The van der Waals surface area contributed by atoms with Crippen molar-refractivity contribution in [2.45, 2.75) is 13.1 Å². The summed E-state index contributed by atoms with van der Waals surface area (Å²) in [5.74, 6) is -1.55. The van der Waals surface area contributed by atoms with Gasteiger partial charge in [-0.25, -0.2) is 8.78 Å². The minimum absolute atomic E-state index is 0.0302. The molecule has 0 aliphatic heterocycles. The minimum atomic E-state index is -4.66. The van der Waals surface area contributed by atoms with Crippen LogP contribution < -0.4 is 4.90 Å². The van der Waals surface area contributed by atoms with E-state index in [-0.39, 0.29) is 22.6 Å². The lowest BCUT2D eigenvalue weighted by atomic mass is 10.1. The van der Waals surface area contributed by atoms with Crippen LogP contribution in [0.15, 0.2) is 42.5 Å². The summed E-state index contributed by atoms with van der Waals surface area (Å²) in [5.41, 5.74) is -0.920. The molecule has 0 unspecified atom stereocenters. The first kappa shape index (κ1) is 19.5. The number of nitrogens with zero attached hydrogens (tertiary/aromatic N) is 3. The van der Waals surface area contributed by atoms with Crippen LogP contribution in [0.5, 0.6) is 0 Å². The summed E-state index contributed by atoms with van der Waals surface area (Å²) in [4.78, 5) is 12.5. The quantitative estimate of drug-likeness (QED) is 0.461. The van der Waals surface area contributed by atoms with E-state index in [1.54, 1.807) is 13.0 Å². The summed E-state index contributed by atoms with van der Waals surface area (Å²) in [6.07, 6.45) is -4.32. The summed E-state index contributed by atoms with van der Waals surface area (Å²) in [6.45, 7) is 1.59. The number of alkyl halides is 3. The molecule has 1 amide bonds. The van der Waals surface area contributed by atoms with Crippen LogP contribution in [0.4, 0.5) is 33.3 Å². The van der Waals surface area contributed by atoms with Gasteiger partial charge in [-0.05, 0) is 42.8 Å². The molecule has 0 aliphatic rings. The van der Waals surface area contributed by atoms with Gasteiger partial charge in [0.1, 0.15) is 11.6 Å². The molecule has 0 saturated heterocycles. The molecule has 1 heterocycles. The van der Waals surface area contributed by atoms with Crippen molar-refractivity contribution in [2.24, 2.45) is 7.05 Å². The number of hydrogen-bond acceptors (Lipinski definition) is 2. The lowest BCUT2D eigenvalue weighted by molar-refractivity contribution is -0.141. The summed E-state index contributed by atoms with van der Waals surface area (Å²) in [5, 5.41) is 3.35. The zero-order valence-electron chi connectivity index (χ0n) is 14.8. The predicted molar refractivity (Wildman–Crippen MR) is 92.9 cm³/mol. The molecule has 1 aromatic heterocycles.